The van der Waals surface area contributed by atoms with Gasteiger partial charge in [0.25, 0.3) is 11.8 Å². The van der Waals surface area contributed by atoms with Crippen molar-refractivity contribution in [2.75, 3.05) is 4.90 Å². The number of imide groups is 2. The topological polar surface area (TPSA) is 110 Å². The Morgan fingerprint density at radius 2 is 1.65 bits per heavy atom. The largest absolute Gasteiger partial charge is 0.377 e. The lowest BCUT2D eigenvalue weighted by Crippen LogP contribution is -2.54. The number of carbonyl (C=O) groups is 3. The monoisotopic (exact) mass is 666 g/mol. The number of rotatable bonds is 5. The van der Waals surface area contributed by atoms with Gasteiger partial charge in [0.2, 0.25) is 0 Å². The van der Waals surface area contributed by atoms with Gasteiger partial charge < -0.3 is 4.18 Å². The number of carbonyl (C=O) groups excluding carboxylic acids is 3. The van der Waals surface area contributed by atoms with E-state index in [1.807, 2.05) is 6.92 Å². The molecule has 1 aliphatic heterocycles. The van der Waals surface area contributed by atoms with Crippen LogP contribution < -0.4 is 14.4 Å². The van der Waals surface area contributed by atoms with Gasteiger partial charge >= 0.3 is 16.1 Å². The highest BCUT2D eigenvalue weighted by atomic mass is 79.9. The summed E-state index contributed by atoms with van der Waals surface area (Å²) in [5, 5.41) is 2.43. The second kappa shape index (κ2) is 10.4. The lowest BCUT2D eigenvalue weighted by Gasteiger charge is -2.27. The van der Waals surface area contributed by atoms with Crippen LogP contribution in [-0.2, 0) is 19.7 Å². The van der Waals surface area contributed by atoms with Crippen LogP contribution in [0, 0.1) is 13.8 Å². The first-order valence-corrected chi connectivity index (χ1v) is 13.9. The summed E-state index contributed by atoms with van der Waals surface area (Å²) in [4.78, 5) is 39.4. The Morgan fingerprint density at radius 3 is 2.32 bits per heavy atom. The van der Waals surface area contributed by atoms with Gasteiger partial charge in [0.1, 0.15) is 10.5 Å². The average Bonchev–Trinajstić information content (AvgIpc) is 2.81. The van der Waals surface area contributed by atoms with Crippen LogP contribution in [0.4, 0.5) is 10.5 Å². The van der Waals surface area contributed by atoms with Crippen molar-refractivity contribution in [1.29, 1.82) is 0 Å². The molecule has 0 atom stereocenters. The predicted octanol–water partition coefficient (Wildman–Crippen LogP) is 5.92. The molecule has 3 aromatic carbocycles. The van der Waals surface area contributed by atoms with Crippen LogP contribution >= 0.6 is 43.5 Å². The number of hydrogen-bond acceptors (Lipinski definition) is 6. The van der Waals surface area contributed by atoms with E-state index in [0.717, 1.165) is 16.5 Å². The molecule has 1 N–H and O–H groups in total. The van der Waals surface area contributed by atoms with Crippen LogP contribution in [0.2, 0.25) is 5.02 Å². The Bertz CT molecular complexity index is 1600. The van der Waals surface area contributed by atoms with Gasteiger partial charge in [-0.25, -0.2) is 9.69 Å². The number of halogens is 3. The SMILES string of the molecule is Cc1ccc(S(=O)(=O)Oc2c(Br)cc(Br)cc2/C=C2\C(=O)NC(=O)N(c3cc(Cl)ccc3C)C2=O)cc1. The summed E-state index contributed by atoms with van der Waals surface area (Å²) < 4.78 is 32.2. The summed E-state index contributed by atoms with van der Waals surface area (Å²) in [5.74, 6) is -2.02. The van der Waals surface area contributed by atoms with E-state index in [4.69, 9.17) is 15.8 Å². The number of urea groups is 1. The molecule has 0 aromatic heterocycles. The van der Waals surface area contributed by atoms with E-state index in [1.165, 1.54) is 24.3 Å². The van der Waals surface area contributed by atoms with Gasteiger partial charge in [0.05, 0.1) is 10.2 Å². The molecule has 0 saturated carbocycles. The van der Waals surface area contributed by atoms with Crippen LogP contribution in [0.15, 0.2) is 74.0 Å². The van der Waals surface area contributed by atoms with Crippen LogP contribution in [0.1, 0.15) is 16.7 Å². The minimum absolute atomic E-state index is 0.0776. The maximum atomic E-state index is 13.4. The molecule has 0 aliphatic carbocycles. The summed E-state index contributed by atoms with van der Waals surface area (Å²) in [7, 11) is -4.27. The maximum absolute atomic E-state index is 13.4. The van der Waals surface area contributed by atoms with Gasteiger partial charge in [-0.2, -0.15) is 8.42 Å². The zero-order valence-corrected chi connectivity index (χ0v) is 24.0. The Labute approximate surface area is 234 Å². The summed E-state index contributed by atoms with van der Waals surface area (Å²) in [6.07, 6.45) is 1.16. The van der Waals surface area contributed by atoms with Crippen molar-refractivity contribution < 1.29 is 27.0 Å². The van der Waals surface area contributed by atoms with E-state index in [-0.39, 0.29) is 31.4 Å². The number of nitrogens with zero attached hydrogens (tertiary/aromatic N) is 1. The molecule has 1 aliphatic rings. The van der Waals surface area contributed by atoms with E-state index >= 15 is 0 Å². The fourth-order valence-electron chi connectivity index (χ4n) is 3.49. The molecule has 8 nitrogen and oxygen atoms in total. The number of aryl methyl sites for hydroxylation is 2. The lowest BCUT2D eigenvalue weighted by molar-refractivity contribution is -0.122. The van der Waals surface area contributed by atoms with Crippen LogP contribution in [0.3, 0.4) is 0 Å². The second-order valence-electron chi connectivity index (χ2n) is 8.05. The highest BCUT2D eigenvalue weighted by Gasteiger charge is 2.38. The van der Waals surface area contributed by atoms with Crippen molar-refractivity contribution in [3.63, 3.8) is 0 Å². The number of nitrogens with one attached hydrogen (secondary N) is 1. The molecule has 0 bridgehead atoms. The number of anilines is 1. The van der Waals surface area contributed by atoms with Crippen molar-refractivity contribution in [2.24, 2.45) is 0 Å². The predicted molar refractivity (Wildman–Crippen MR) is 146 cm³/mol. The molecule has 1 heterocycles. The Morgan fingerprint density at radius 1 is 0.973 bits per heavy atom. The second-order valence-corrected chi connectivity index (χ2v) is 11.8. The van der Waals surface area contributed by atoms with Crippen LogP contribution in [-0.4, -0.2) is 26.3 Å². The van der Waals surface area contributed by atoms with Gasteiger partial charge in [0.15, 0.2) is 5.75 Å². The Hall–Kier alpha value is -2.99. The van der Waals surface area contributed by atoms with Gasteiger partial charge in [-0.1, -0.05) is 51.3 Å². The van der Waals surface area contributed by atoms with Crippen molar-refractivity contribution in [3.8, 4) is 5.75 Å². The van der Waals surface area contributed by atoms with Crippen LogP contribution in [0.5, 0.6) is 5.75 Å². The molecule has 0 radical (unpaired) electrons. The summed E-state index contributed by atoms with van der Waals surface area (Å²) in [6, 6.07) is 12.8. The molecule has 1 fully saturated rings. The highest BCUT2D eigenvalue weighted by molar-refractivity contribution is 9.11. The first-order valence-electron chi connectivity index (χ1n) is 10.5. The highest BCUT2D eigenvalue weighted by Crippen LogP contribution is 2.37. The van der Waals surface area contributed by atoms with Crippen molar-refractivity contribution in [2.45, 2.75) is 18.7 Å². The minimum Gasteiger partial charge on any atom is -0.377 e. The molecule has 0 spiro atoms. The molecule has 190 valence electrons. The van der Waals surface area contributed by atoms with Gasteiger partial charge in [0, 0.05) is 15.1 Å². The normalized spacial score (nSPS) is 15.2. The zero-order chi connectivity index (χ0) is 27.1. The third kappa shape index (κ3) is 5.64. The fraction of sp³-hybridized carbons (Fsp3) is 0.0800. The molecular weight excluding hydrogens is 652 g/mol. The zero-order valence-electron chi connectivity index (χ0n) is 19.2. The minimum atomic E-state index is -4.27. The van der Waals surface area contributed by atoms with E-state index in [9.17, 15) is 22.8 Å². The molecule has 1 saturated heterocycles. The van der Waals surface area contributed by atoms with E-state index in [0.29, 0.717) is 10.0 Å². The van der Waals surface area contributed by atoms with Gasteiger partial charge in [-0.15, -0.1) is 0 Å². The summed E-state index contributed by atoms with van der Waals surface area (Å²) >= 11 is 12.7. The standard InChI is InChI=1S/C25H17Br2ClN2O6S/c1-13-3-7-18(8-4-13)37(34,35)36-22-15(9-16(26)11-20(22)27)10-19-23(31)29-25(33)30(24(19)32)21-12-17(28)6-5-14(21)2/h3-12H,1-2H3,(H,29,31,33)/b19-10+. The molecular formula is C25H17Br2ClN2O6S. The number of amides is 4. The van der Waals surface area contributed by atoms with E-state index < -0.39 is 33.5 Å². The molecule has 3 aromatic rings. The summed E-state index contributed by atoms with van der Waals surface area (Å²) in [6.45, 7) is 3.50. The van der Waals surface area contributed by atoms with Crippen molar-refractivity contribution in [1.82, 2.24) is 5.32 Å². The Balaban J connectivity index is 1.81. The van der Waals surface area contributed by atoms with E-state index in [1.54, 1.807) is 37.3 Å². The maximum Gasteiger partial charge on any atom is 0.339 e. The average molecular weight is 669 g/mol. The van der Waals surface area contributed by atoms with Gasteiger partial charge in [-0.3, -0.25) is 14.9 Å². The van der Waals surface area contributed by atoms with Gasteiger partial charge in [-0.05, 0) is 77.8 Å². The first-order chi connectivity index (χ1) is 17.4. The quantitative estimate of drug-likeness (QED) is 0.206. The van der Waals surface area contributed by atoms with Crippen molar-refractivity contribution >= 4 is 83.2 Å². The summed E-state index contributed by atoms with van der Waals surface area (Å²) in [5.41, 5.74) is 1.31. The third-order valence-electron chi connectivity index (χ3n) is 5.35. The fourth-order valence-corrected chi connectivity index (χ4v) is 6.08. The lowest BCUT2D eigenvalue weighted by atomic mass is 10.1. The Kier molecular flexibility index (Phi) is 7.61. The smallest absolute Gasteiger partial charge is 0.339 e. The van der Waals surface area contributed by atoms with Crippen molar-refractivity contribution in [3.05, 3.63) is 90.8 Å². The van der Waals surface area contributed by atoms with Crippen LogP contribution in [0.25, 0.3) is 6.08 Å². The third-order valence-corrected chi connectivity index (χ3v) is 7.87. The molecule has 4 rings (SSSR count). The first kappa shape index (κ1) is 27.1. The molecule has 0 unspecified atom stereocenters. The van der Waals surface area contributed by atoms with E-state index in [2.05, 4.69) is 37.2 Å². The molecule has 12 heteroatoms. The number of barbiturate groups is 1. The number of hydrogen-bond donors (Lipinski definition) is 1. The number of benzene rings is 3. The molecule has 4 amide bonds. The molecule has 37 heavy (non-hydrogen) atoms.